The molecule has 1 aromatic carbocycles. The highest BCUT2D eigenvalue weighted by molar-refractivity contribution is 14.0. The topological polar surface area (TPSA) is 40.1 Å². The summed E-state index contributed by atoms with van der Waals surface area (Å²) < 4.78 is 5.43. The molecular weight excluding hydrogens is 439 g/mol. The van der Waals surface area contributed by atoms with Crippen molar-refractivity contribution in [3.63, 3.8) is 0 Å². The van der Waals surface area contributed by atoms with Crippen LogP contribution in [0.15, 0.2) is 29.3 Å². The molecule has 0 saturated carbocycles. The molecule has 0 unspecified atom stereocenters. The Labute approximate surface area is 176 Å². The zero-order valence-electron chi connectivity index (χ0n) is 16.5. The Morgan fingerprint density at radius 1 is 1.23 bits per heavy atom. The van der Waals surface area contributed by atoms with Crippen LogP contribution in [-0.4, -0.2) is 62.2 Å². The largest absolute Gasteiger partial charge is 0.379 e. The van der Waals surface area contributed by atoms with Gasteiger partial charge >= 0.3 is 0 Å². The van der Waals surface area contributed by atoms with E-state index < -0.39 is 0 Å². The van der Waals surface area contributed by atoms with Crippen molar-refractivity contribution in [2.75, 3.05) is 46.4 Å². The van der Waals surface area contributed by atoms with Gasteiger partial charge in [-0.05, 0) is 24.5 Å². The summed E-state index contributed by atoms with van der Waals surface area (Å²) >= 11 is 0. The van der Waals surface area contributed by atoms with E-state index >= 15 is 0 Å². The molecule has 0 amide bonds. The van der Waals surface area contributed by atoms with Crippen LogP contribution in [0.2, 0.25) is 0 Å². The molecule has 1 N–H and O–H groups in total. The van der Waals surface area contributed by atoms with Crippen molar-refractivity contribution in [3.05, 3.63) is 35.4 Å². The third kappa shape index (κ3) is 8.22. The molecule has 1 heterocycles. The van der Waals surface area contributed by atoms with E-state index in [1.165, 1.54) is 24.0 Å². The van der Waals surface area contributed by atoms with Gasteiger partial charge < -0.3 is 15.0 Å². The van der Waals surface area contributed by atoms with E-state index in [2.05, 4.69) is 60.3 Å². The fourth-order valence-electron chi connectivity index (χ4n) is 2.98. The minimum atomic E-state index is 0. The van der Waals surface area contributed by atoms with Crippen LogP contribution in [0.25, 0.3) is 0 Å². The number of hydrogen-bond donors (Lipinski definition) is 1. The summed E-state index contributed by atoms with van der Waals surface area (Å²) in [5.74, 6) is 0.995. The maximum atomic E-state index is 5.43. The minimum Gasteiger partial charge on any atom is -0.379 e. The van der Waals surface area contributed by atoms with E-state index in [1.807, 2.05) is 0 Å². The first kappa shape index (κ1) is 23.2. The average molecular weight is 474 g/mol. The Morgan fingerprint density at radius 2 is 1.96 bits per heavy atom. The lowest BCUT2D eigenvalue weighted by Crippen LogP contribution is -2.39. The Hall–Kier alpha value is -0.860. The van der Waals surface area contributed by atoms with Gasteiger partial charge in [0.15, 0.2) is 5.96 Å². The molecule has 5 nitrogen and oxygen atoms in total. The first-order valence-corrected chi connectivity index (χ1v) is 9.60. The summed E-state index contributed by atoms with van der Waals surface area (Å²) in [4.78, 5) is 9.50. The molecule has 1 fully saturated rings. The molecule has 0 bridgehead atoms. The van der Waals surface area contributed by atoms with Crippen LogP contribution in [-0.2, 0) is 17.8 Å². The second-order valence-electron chi connectivity index (χ2n) is 6.65. The summed E-state index contributed by atoms with van der Waals surface area (Å²) in [7, 11) is 2.12. The molecule has 148 valence electrons. The fraction of sp³-hybridized carbons (Fsp3) is 0.650. The molecule has 0 aliphatic carbocycles. The first-order chi connectivity index (χ1) is 12.2. The Bertz CT molecular complexity index is 532. The number of benzene rings is 1. The lowest BCUT2D eigenvalue weighted by Gasteiger charge is -2.26. The van der Waals surface area contributed by atoms with Crippen molar-refractivity contribution in [1.82, 2.24) is 15.1 Å². The zero-order chi connectivity index (χ0) is 17.9. The molecule has 0 atom stereocenters. The molecule has 0 radical (unpaired) electrons. The minimum absolute atomic E-state index is 0. The molecule has 1 saturated heterocycles. The lowest BCUT2D eigenvalue weighted by molar-refractivity contribution is 0.0342. The number of nitrogens with one attached hydrogen (secondary N) is 1. The zero-order valence-corrected chi connectivity index (χ0v) is 18.9. The van der Waals surface area contributed by atoms with Gasteiger partial charge in [0.25, 0.3) is 0 Å². The van der Waals surface area contributed by atoms with Gasteiger partial charge in [0.1, 0.15) is 0 Å². The van der Waals surface area contributed by atoms with Crippen LogP contribution in [0.3, 0.4) is 0 Å². The number of rotatable bonds is 8. The summed E-state index contributed by atoms with van der Waals surface area (Å²) in [5, 5.41) is 3.40. The smallest absolute Gasteiger partial charge is 0.193 e. The number of hydrogen-bond acceptors (Lipinski definition) is 3. The van der Waals surface area contributed by atoms with Crippen molar-refractivity contribution < 1.29 is 4.74 Å². The number of halogens is 1. The standard InChI is InChI=1S/C20H34N4O.HI/c1-4-6-10-23(3)20(21-5-2)22-16-18-8-7-9-19(15-18)17-24-11-13-25-14-12-24;/h7-9,15H,4-6,10-14,16-17H2,1-3H3,(H,21,22);1H. The number of morpholine rings is 1. The van der Waals surface area contributed by atoms with E-state index in [0.29, 0.717) is 0 Å². The Kier molecular flexibility index (Phi) is 11.9. The lowest BCUT2D eigenvalue weighted by atomic mass is 10.1. The maximum Gasteiger partial charge on any atom is 0.193 e. The predicted octanol–water partition coefficient (Wildman–Crippen LogP) is 3.33. The van der Waals surface area contributed by atoms with E-state index in [1.54, 1.807) is 0 Å². The number of nitrogens with zero attached hydrogens (tertiary/aromatic N) is 3. The summed E-state index contributed by atoms with van der Waals surface area (Å²) in [5.41, 5.74) is 2.63. The highest BCUT2D eigenvalue weighted by atomic mass is 127. The molecule has 6 heteroatoms. The Balaban J connectivity index is 0.00000338. The average Bonchev–Trinajstić information content (AvgIpc) is 2.64. The van der Waals surface area contributed by atoms with Gasteiger partial charge in [0, 0.05) is 39.8 Å². The Morgan fingerprint density at radius 3 is 2.65 bits per heavy atom. The molecule has 1 aliphatic rings. The van der Waals surface area contributed by atoms with E-state index in [9.17, 15) is 0 Å². The van der Waals surface area contributed by atoms with Gasteiger partial charge in [-0.3, -0.25) is 4.90 Å². The van der Waals surface area contributed by atoms with Gasteiger partial charge in [0.2, 0.25) is 0 Å². The van der Waals surface area contributed by atoms with E-state index in [0.717, 1.165) is 58.4 Å². The predicted molar refractivity (Wildman–Crippen MR) is 120 cm³/mol. The van der Waals surface area contributed by atoms with Crippen LogP contribution in [0.4, 0.5) is 0 Å². The van der Waals surface area contributed by atoms with Gasteiger partial charge in [-0.15, -0.1) is 24.0 Å². The first-order valence-electron chi connectivity index (χ1n) is 9.60. The van der Waals surface area contributed by atoms with Crippen LogP contribution < -0.4 is 5.32 Å². The summed E-state index contributed by atoms with van der Waals surface area (Å²) in [6, 6.07) is 8.81. The normalized spacial score (nSPS) is 15.4. The van der Waals surface area contributed by atoms with Crippen molar-refractivity contribution in [1.29, 1.82) is 0 Å². The van der Waals surface area contributed by atoms with Gasteiger partial charge in [-0.2, -0.15) is 0 Å². The summed E-state index contributed by atoms with van der Waals surface area (Å²) in [6.45, 7) is 11.7. The van der Waals surface area contributed by atoms with Crippen molar-refractivity contribution in [2.45, 2.75) is 39.8 Å². The van der Waals surface area contributed by atoms with Gasteiger partial charge in [0.05, 0.1) is 19.8 Å². The molecule has 26 heavy (non-hydrogen) atoms. The molecular formula is C20H35IN4O. The highest BCUT2D eigenvalue weighted by Crippen LogP contribution is 2.11. The number of aliphatic imine (C=N–C) groups is 1. The number of guanidine groups is 1. The molecule has 2 rings (SSSR count). The molecule has 1 aromatic rings. The molecule has 0 spiro atoms. The van der Waals surface area contributed by atoms with E-state index in [4.69, 9.17) is 9.73 Å². The van der Waals surface area contributed by atoms with Gasteiger partial charge in [-0.1, -0.05) is 37.6 Å². The second kappa shape index (κ2) is 13.3. The van der Waals surface area contributed by atoms with Crippen LogP contribution >= 0.6 is 24.0 Å². The monoisotopic (exact) mass is 474 g/mol. The number of unbranched alkanes of at least 4 members (excludes halogenated alkanes) is 1. The van der Waals surface area contributed by atoms with Crippen LogP contribution in [0.1, 0.15) is 37.8 Å². The van der Waals surface area contributed by atoms with Gasteiger partial charge in [-0.25, -0.2) is 4.99 Å². The van der Waals surface area contributed by atoms with Crippen molar-refractivity contribution in [2.24, 2.45) is 4.99 Å². The van der Waals surface area contributed by atoms with Crippen LogP contribution in [0, 0.1) is 0 Å². The molecule has 0 aromatic heterocycles. The highest BCUT2D eigenvalue weighted by Gasteiger charge is 2.11. The van der Waals surface area contributed by atoms with Crippen molar-refractivity contribution >= 4 is 29.9 Å². The maximum absolute atomic E-state index is 5.43. The number of ether oxygens (including phenoxy) is 1. The van der Waals surface area contributed by atoms with Crippen molar-refractivity contribution in [3.8, 4) is 0 Å². The third-order valence-corrected chi connectivity index (χ3v) is 4.46. The second-order valence-corrected chi connectivity index (χ2v) is 6.65. The quantitative estimate of drug-likeness (QED) is 0.357. The SMILES string of the molecule is CCCCN(C)C(=NCc1cccc(CN2CCOCC2)c1)NCC.I. The molecule has 1 aliphatic heterocycles. The third-order valence-electron chi connectivity index (χ3n) is 4.46. The van der Waals surface area contributed by atoms with E-state index in [-0.39, 0.29) is 24.0 Å². The summed E-state index contributed by atoms with van der Waals surface area (Å²) in [6.07, 6.45) is 2.39. The van der Waals surface area contributed by atoms with Crippen LogP contribution in [0.5, 0.6) is 0 Å². The fourth-order valence-corrected chi connectivity index (χ4v) is 2.98.